The Morgan fingerprint density at radius 2 is 1.89 bits per heavy atom. The largest absolute Gasteiger partial charge is 0.463 e. The number of benzene rings is 1. The summed E-state index contributed by atoms with van der Waals surface area (Å²) in [5.41, 5.74) is 5.90. The molecule has 6 rings (SSSR count). The first-order valence-corrected chi connectivity index (χ1v) is 12.4. The van der Waals surface area contributed by atoms with Crippen molar-refractivity contribution >= 4 is 29.0 Å². The molecule has 1 aromatic carbocycles. The van der Waals surface area contributed by atoms with Crippen LogP contribution in [0.1, 0.15) is 24.1 Å². The number of nitrogens with zero attached hydrogens (tertiary/aromatic N) is 6. The van der Waals surface area contributed by atoms with Crippen molar-refractivity contribution in [3.05, 3.63) is 66.1 Å². The van der Waals surface area contributed by atoms with Gasteiger partial charge in [-0.15, -0.1) is 0 Å². The van der Waals surface area contributed by atoms with Crippen LogP contribution in [0, 0.1) is 0 Å². The number of nitrogens with one attached hydrogen (secondary N) is 2. The minimum Gasteiger partial charge on any atom is -0.463 e. The molecule has 4 aromatic rings. The number of piperidine rings is 1. The van der Waals surface area contributed by atoms with Crippen molar-refractivity contribution in [3.8, 4) is 6.01 Å². The molecule has 0 aliphatic carbocycles. The summed E-state index contributed by atoms with van der Waals surface area (Å²) in [6.07, 6.45) is 7.56. The molecule has 0 saturated carbocycles. The van der Waals surface area contributed by atoms with Crippen LogP contribution in [0.2, 0.25) is 0 Å². The van der Waals surface area contributed by atoms with E-state index in [1.54, 1.807) is 12.4 Å². The first-order chi connectivity index (χ1) is 18.3. The molecule has 11 nitrogen and oxygen atoms in total. The van der Waals surface area contributed by atoms with Crippen LogP contribution in [0.25, 0.3) is 10.9 Å². The third-order valence-electron chi connectivity index (χ3n) is 6.53. The van der Waals surface area contributed by atoms with Crippen LogP contribution in [0.3, 0.4) is 0 Å². The quantitative estimate of drug-likeness (QED) is 0.277. The van der Waals surface area contributed by atoms with Gasteiger partial charge in [-0.3, -0.25) is 4.98 Å². The van der Waals surface area contributed by atoms with E-state index in [9.17, 15) is 0 Å². The van der Waals surface area contributed by atoms with Gasteiger partial charge >= 0.3 is 6.01 Å². The Morgan fingerprint density at radius 1 is 1.05 bits per heavy atom. The number of aromatic amines is 1. The normalized spacial score (nSPS) is 17.1. The van der Waals surface area contributed by atoms with Gasteiger partial charge in [0.2, 0.25) is 5.95 Å². The molecule has 0 bridgehead atoms. The zero-order valence-electron chi connectivity index (χ0n) is 20.3. The van der Waals surface area contributed by atoms with E-state index in [0.717, 1.165) is 35.0 Å². The number of anilines is 2. The van der Waals surface area contributed by atoms with E-state index >= 15 is 0 Å². The van der Waals surface area contributed by atoms with Gasteiger partial charge in [0.05, 0.1) is 26.0 Å². The molecule has 0 atom stereocenters. The zero-order valence-corrected chi connectivity index (χ0v) is 20.3. The van der Waals surface area contributed by atoms with Crippen molar-refractivity contribution in [2.75, 3.05) is 43.2 Å². The van der Waals surface area contributed by atoms with Crippen molar-refractivity contribution in [1.29, 1.82) is 0 Å². The summed E-state index contributed by atoms with van der Waals surface area (Å²) in [5, 5.41) is 5.46. The number of rotatable bonds is 8. The van der Waals surface area contributed by atoms with Crippen molar-refractivity contribution in [2.45, 2.75) is 25.0 Å². The van der Waals surface area contributed by atoms with E-state index in [-0.39, 0.29) is 6.01 Å². The average molecular weight is 501 g/mol. The monoisotopic (exact) mass is 500 g/mol. The summed E-state index contributed by atoms with van der Waals surface area (Å²) < 4.78 is 17.6. The number of ether oxygens (including phenoxy) is 3. The zero-order chi connectivity index (χ0) is 24.9. The molecule has 2 N–H and O–H groups in total. The smallest absolute Gasteiger partial charge is 0.323 e. The fourth-order valence-electron chi connectivity index (χ4n) is 4.59. The van der Waals surface area contributed by atoms with Gasteiger partial charge in [-0.25, -0.2) is 5.43 Å². The SMILES string of the molecule is C(=N/Nc1nc(OCCc2ccccn2)nc(N2CCC3(CC2)OCCO3)n1)/c1c[nH]c2ccccc12. The molecule has 5 heterocycles. The van der Waals surface area contributed by atoms with E-state index in [0.29, 0.717) is 51.2 Å². The van der Waals surface area contributed by atoms with Crippen molar-refractivity contribution in [1.82, 2.24) is 24.9 Å². The van der Waals surface area contributed by atoms with Gasteiger partial charge in [-0.1, -0.05) is 24.3 Å². The molecular formula is C26H28N8O3. The molecule has 37 heavy (non-hydrogen) atoms. The lowest BCUT2D eigenvalue weighted by Crippen LogP contribution is -2.45. The maximum Gasteiger partial charge on any atom is 0.323 e. The molecule has 0 unspecified atom stereocenters. The van der Waals surface area contributed by atoms with Gasteiger partial charge in [-0.05, 0) is 18.2 Å². The highest BCUT2D eigenvalue weighted by atomic mass is 16.7. The molecule has 11 heteroatoms. The summed E-state index contributed by atoms with van der Waals surface area (Å²) in [6, 6.07) is 14.1. The Kier molecular flexibility index (Phi) is 6.61. The maximum absolute atomic E-state index is 5.91. The van der Waals surface area contributed by atoms with Gasteiger partial charge in [-0.2, -0.15) is 20.1 Å². The molecule has 2 saturated heterocycles. The fourth-order valence-corrected chi connectivity index (χ4v) is 4.59. The van der Waals surface area contributed by atoms with E-state index in [1.807, 2.05) is 48.7 Å². The van der Waals surface area contributed by atoms with Crippen LogP contribution in [0.4, 0.5) is 11.9 Å². The summed E-state index contributed by atoms with van der Waals surface area (Å²) in [7, 11) is 0. The Hall–Kier alpha value is -4.09. The summed E-state index contributed by atoms with van der Waals surface area (Å²) >= 11 is 0. The Morgan fingerprint density at radius 3 is 2.73 bits per heavy atom. The van der Waals surface area contributed by atoms with Crippen LogP contribution >= 0.6 is 0 Å². The number of hydrogen-bond donors (Lipinski definition) is 2. The van der Waals surface area contributed by atoms with Gasteiger partial charge in [0.15, 0.2) is 5.79 Å². The first kappa shape index (κ1) is 23.3. The second kappa shape index (κ2) is 10.5. The lowest BCUT2D eigenvalue weighted by molar-refractivity contribution is -0.169. The Bertz CT molecular complexity index is 1360. The summed E-state index contributed by atoms with van der Waals surface area (Å²) in [4.78, 5) is 23.3. The fraction of sp³-hybridized carbons (Fsp3) is 0.346. The number of hydrogen-bond acceptors (Lipinski definition) is 10. The van der Waals surface area contributed by atoms with Crippen LogP contribution < -0.4 is 15.1 Å². The van der Waals surface area contributed by atoms with Crippen LogP contribution in [-0.4, -0.2) is 69.8 Å². The van der Waals surface area contributed by atoms with Gasteiger partial charge < -0.3 is 24.1 Å². The van der Waals surface area contributed by atoms with Crippen LogP contribution in [0.15, 0.2) is 60.0 Å². The van der Waals surface area contributed by atoms with E-state index in [4.69, 9.17) is 14.2 Å². The second-order valence-corrected chi connectivity index (χ2v) is 8.92. The number of H-pyrrole nitrogens is 1. The molecule has 2 fully saturated rings. The third kappa shape index (κ3) is 5.37. The molecular weight excluding hydrogens is 472 g/mol. The van der Waals surface area contributed by atoms with Crippen LogP contribution in [-0.2, 0) is 15.9 Å². The minimum atomic E-state index is -0.476. The second-order valence-electron chi connectivity index (χ2n) is 8.92. The molecule has 1 spiro atoms. The number of hydrazone groups is 1. The molecule has 3 aromatic heterocycles. The van der Waals surface area contributed by atoms with Gasteiger partial charge in [0.25, 0.3) is 5.95 Å². The lowest BCUT2D eigenvalue weighted by atomic mass is 10.0. The lowest BCUT2D eigenvalue weighted by Gasteiger charge is -2.37. The van der Waals surface area contributed by atoms with Gasteiger partial charge in [0, 0.05) is 66.9 Å². The minimum absolute atomic E-state index is 0.236. The number of pyridine rings is 1. The summed E-state index contributed by atoms with van der Waals surface area (Å²) in [6.45, 7) is 3.08. The predicted molar refractivity (Wildman–Crippen MR) is 139 cm³/mol. The Balaban J connectivity index is 1.18. The molecule has 190 valence electrons. The van der Waals surface area contributed by atoms with Crippen LogP contribution in [0.5, 0.6) is 6.01 Å². The topological polar surface area (TPSA) is 123 Å². The average Bonchev–Trinajstić information content (AvgIpc) is 3.57. The highest BCUT2D eigenvalue weighted by Gasteiger charge is 2.40. The number of aromatic nitrogens is 5. The number of fused-ring (bicyclic) bond motifs is 1. The highest BCUT2D eigenvalue weighted by Crippen LogP contribution is 2.32. The first-order valence-electron chi connectivity index (χ1n) is 12.4. The predicted octanol–water partition coefficient (Wildman–Crippen LogP) is 3.16. The third-order valence-corrected chi connectivity index (χ3v) is 6.53. The molecule has 0 amide bonds. The molecule has 2 aliphatic rings. The van der Waals surface area contributed by atoms with E-state index in [1.165, 1.54) is 0 Å². The van der Waals surface area contributed by atoms with Gasteiger partial charge in [0.1, 0.15) is 0 Å². The Labute approximate surface area is 213 Å². The number of para-hydroxylation sites is 1. The van der Waals surface area contributed by atoms with Crippen molar-refractivity contribution in [3.63, 3.8) is 0 Å². The highest BCUT2D eigenvalue weighted by molar-refractivity contribution is 5.99. The standard InChI is InChI=1S/C26H28N8O3/c1-2-7-22-21(6-1)19(17-28-22)18-29-33-23-30-24(34-12-9-26(10-13-34)36-15-16-37-26)32-25(31-23)35-14-8-20-5-3-4-11-27-20/h1-7,11,17-18,28H,8-10,12-16H2,(H,30,31,32,33)/b29-18-. The maximum atomic E-state index is 5.91. The molecule has 0 radical (unpaired) electrons. The van der Waals surface area contributed by atoms with Crippen molar-refractivity contribution in [2.24, 2.45) is 5.10 Å². The van der Waals surface area contributed by atoms with E-state index < -0.39 is 5.79 Å². The molecule has 2 aliphatic heterocycles. The summed E-state index contributed by atoms with van der Waals surface area (Å²) in [5.74, 6) is 0.360. The van der Waals surface area contributed by atoms with Crippen molar-refractivity contribution < 1.29 is 14.2 Å². The van der Waals surface area contributed by atoms with E-state index in [2.05, 4.69) is 40.3 Å².